The van der Waals surface area contributed by atoms with Crippen LogP contribution in [0.15, 0.2) is 67.0 Å². The number of aromatic nitrogens is 4. The van der Waals surface area contributed by atoms with Crippen molar-refractivity contribution in [2.45, 2.75) is 13.2 Å². The van der Waals surface area contributed by atoms with E-state index in [1.54, 1.807) is 29.2 Å². The number of nitrogens with zero attached hydrogens (tertiary/aromatic N) is 3. The van der Waals surface area contributed by atoms with E-state index < -0.39 is 0 Å². The number of pyridine rings is 1. The molecular formula is C21H17Cl2N5OS. The second-order valence-corrected chi connectivity index (χ2v) is 7.59. The normalized spacial score (nSPS) is 10.7. The van der Waals surface area contributed by atoms with Crippen molar-refractivity contribution in [1.29, 1.82) is 0 Å². The van der Waals surface area contributed by atoms with Crippen LogP contribution < -0.4 is 10.2 Å². The lowest BCUT2D eigenvalue weighted by molar-refractivity contribution is 0.306. The van der Waals surface area contributed by atoms with Crippen molar-refractivity contribution in [2.75, 3.05) is 5.43 Å². The zero-order valence-electron chi connectivity index (χ0n) is 15.7. The lowest BCUT2D eigenvalue weighted by atomic mass is 10.2. The van der Waals surface area contributed by atoms with Crippen LogP contribution in [0.1, 0.15) is 11.1 Å². The maximum Gasteiger partial charge on any atom is 0.214 e. The first-order valence-corrected chi connectivity index (χ1v) is 10.2. The number of hydrogen-bond acceptors (Lipinski definition) is 5. The van der Waals surface area contributed by atoms with Gasteiger partial charge in [0.25, 0.3) is 0 Å². The molecule has 0 radical (unpaired) electrons. The van der Waals surface area contributed by atoms with E-state index in [0.717, 1.165) is 22.4 Å². The molecule has 0 aliphatic carbocycles. The molecule has 0 bridgehead atoms. The van der Waals surface area contributed by atoms with Gasteiger partial charge in [0, 0.05) is 33.6 Å². The summed E-state index contributed by atoms with van der Waals surface area (Å²) in [6, 6.07) is 16.9. The van der Waals surface area contributed by atoms with Gasteiger partial charge < -0.3 is 10.2 Å². The van der Waals surface area contributed by atoms with Gasteiger partial charge in [-0.3, -0.25) is 4.98 Å². The molecule has 152 valence electrons. The summed E-state index contributed by atoms with van der Waals surface area (Å²) in [4.78, 5) is 4.03. The smallest absolute Gasteiger partial charge is 0.214 e. The first-order chi connectivity index (χ1) is 14.6. The molecule has 0 spiro atoms. The number of benzene rings is 2. The summed E-state index contributed by atoms with van der Waals surface area (Å²) in [6.45, 7) is 0.859. The van der Waals surface area contributed by atoms with Gasteiger partial charge >= 0.3 is 0 Å². The second-order valence-electron chi connectivity index (χ2n) is 6.39. The van der Waals surface area contributed by atoms with Gasteiger partial charge in [0.2, 0.25) is 4.77 Å². The van der Waals surface area contributed by atoms with Crippen molar-refractivity contribution in [3.8, 4) is 17.1 Å². The minimum Gasteiger partial charge on any atom is -0.489 e. The van der Waals surface area contributed by atoms with Crippen LogP contribution in [0.4, 0.5) is 0 Å². The zero-order chi connectivity index (χ0) is 20.9. The highest BCUT2D eigenvalue weighted by Crippen LogP contribution is 2.26. The van der Waals surface area contributed by atoms with Crippen LogP contribution in [-0.2, 0) is 13.2 Å². The fourth-order valence-electron chi connectivity index (χ4n) is 2.84. The minimum absolute atomic E-state index is 0.301. The van der Waals surface area contributed by atoms with E-state index in [0.29, 0.717) is 33.8 Å². The molecule has 0 saturated heterocycles. The molecular weight excluding hydrogens is 441 g/mol. The van der Waals surface area contributed by atoms with E-state index >= 15 is 0 Å². The maximum absolute atomic E-state index is 6.19. The Morgan fingerprint density at radius 2 is 1.70 bits per heavy atom. The van der Waals surface area contributed by atoms with E-state index in [-0.39, 0.29) is 0 Å². The maximum atomic E-state index is 6.19. The third-order valence-corrected chi connectivity index (χ3v) is 5.40. The number of hydrogen-bond donors (Lipinski definition) is 2. The van der Waals surface area contributed by atoms with Crippen molar-refractivity contribution >= 4 is 35.4 Å². The first-order valence-electron chi connectivity index (χ1n) is 9.08. The Kier molecular flexibility index (Phi) is 6.32. The fourth-order valence-corrected chi connectivity index (χ4v) is 3.54. The molecule has 2 N–H and O–H groups in total. The highest BCUT2D eigenvalue weighted by molar-refractivity contribution is 7.71. The molecule has 0 atom stereocenters. The van der Waals surface area contributed by atoms with E-state index in [9.17, 15) is 0 Å². The Morgan fingerprint density at radius 3 is 2.40 bits per heavy atom. The van der Waals surface area contributed by atoms with Gasteiger partial charge in [0.1, 0.15) is 12.4 Å². The van der Waals surface area contributed by atoms with Gasteiger partial charge in [-0.05, 0) is 54.2 Å². The largest absolute Gasteiger partial charge is 0.489 e. The van der Waals surface area contributed by atoms with Crippen molar-refractivity contribution in [1.82, 2.24) is 19.9 Å². The topological polar surface area (TPSA) is 67.8 Å². The molecule has 0 unspecified atom stereocenters. The van der Waals surface area contributed by atoms with Crippen LogP contribution in [0, 0.1) is 4.77 Å². The monoisotopic (exact) mass is 457 g/mol. The summed E-state index contributed by atoms with van der Waals surface area (Å²) in [6.07, 6.45) is 3.43. The number of halogens is 2. The SMILES string of the molecule is S=c1[nH]nc(-c2ccncc2)n1NCc1ccc(OCc2c(Cl)cccc2Cl)cc1. The van der Waals surface area contributed by atoms with Crippen molar-refractivity contribution in [2.24, 2.45) is 0 Å². The standard InChI is InChI=1S/C21H17Cl2N5OS/c22-18-2-1-3-19(23)17(18)13-29-16-6-4-14(5-7-16)12-25-28-20(26-27-21(28)30)15-8-10-24-11-9-15/h1-11,25H,12-13H2,(H,27,30). The average Bonchev–Trinajstić information content (AvgIpc) is 3.14. The molecule has 0 amide bonds. The number of nitrogens with one attached hydrogen (secondary N) is 2. The zero-order valence-corrected chi connectivity index (χ0v) is 18.0. The molecule has 2 aromatic heterocycles. The Hall–Kier alpha value is -2.87. The summed E-state index contributed by atoms with van der Waals surface area (Å²) >= 11 is 17.7. The van der Waals surface area contributed by atoms with Crippen LogP contribution in [0.25, 0.3) is 11.4 Å². The Labute approximate surface area is 188 Å². The summed E-state index contributed by atoms with van der Waals surface area (Å²) < 4.78 is 8.05. The van der Waals surface area contributed by atoms with Crippen LogP contribution in [-0.4, -0.2) is 19.9 Å². The number of H-pyrrole nitrogens is 1. The van der Waals surface area contributed by atoms with Crippen LogP contribution >= 0.6 is 35.4 Å². The van der Waals surface area contributed by atoms with Gasteiger partial charge in [0.15, 0.2) is 5.82 Å². The quantitative estimate of drug-likeness (QED) is 0.351. The van der Waals surface area contributed by atoms with Crippen molar-refractivity contribution in [3.63, 3.8) is 0 Å². The van der Waals surface area contributed by atoms with Crippen LogP contribution in [0.3, 0.4) is 0 Å². The molecule has 0 fully saturated rings. The van der Waals surface area contributed by atoms with Gasteiger partial charge in [-0.1, -0.05) is 41.4 Å². The molecule has 0 aliphatic heterocycles. The summed E-state index contributed by atoms with van der Waals surface area (Å²) in [7, 11) is 0. The molecule has 2 aromatic carbocycles. The Morgan fingerprint density at radius 1 is 1.00 bits per heavy atom. The van der Waals surface area contributed by atoms with Gasteiger partial charge in [-0.15, -0.1) is 0 Å². The molecule has 0 saturated carbocycles. The number of rotatable bonds is 7. The second kappa shape index (κ2) is 9.30. The molecule has 30 heavy (non-hydrogen) atoms. The fraction of sp³-hybridized carbons (Fsp3) is 0.0952. The lowest BCUT2D eigenvalue weighted by Crippen LogP contribution is -2.15. The first kappa shape index (κ1) is 20.4. The Balaban J connectivity index is 1.40. The average molecular weight is 458 g/mol. The van der Waals surface area contributed by atoms with Crippen LogP contribution in [0.2, 0.25) is 10.0 Å². The molecule has 2 heterocycles. The van der Waals surface area contributed by atoms with Gasteiger partial charge in [-0.25, -0.2) is 9.77 Å². The summed E-state index contributed by atoms with van der Waals surface area (Å²) in [5, 5.41) is 8.28. The van der Waals surface area contributed by atoms with Gasteiger partial charge in [0.05, 0.1) is 6.54 Å². The third-order valence-electron chi connectivity index (χ3n) is 4.42. The van der Waals surface area contributed by atoms with Crippen LogP contribution in [0.5, 0.6) is 5.75 Å². The van der Waals surface area contributed by atoms with E-state index in [1.807, 2.05) is 42.5 Å². The highest BCUT2D eigenvalue weighted by Gasteiger charge is 2.09. The number of aromatic amines is 1. The third kappa shape index (κ3) is 4.64. The molecule has 4 aromatic rings. The Bertz CT molecular complexity index is 1170. The summed E-state index contributed by atoms with van der Waals surface area (Å²) in [5.74, 6) is 1.42. The predicted molar refractivity (Wildman–Crippen MR) is 121 cm³/mol. The number of ether oxygens (including phenoxy) is 1. The molecule has 9 heteroatoms. The molecule has 6 nitrogen and oxygen atoms in total. The van der Waals surface area contributed by atoms with E-state index in [2.05, 4.69) is 20.6 Å². The highest BCUT2D eigenvalue weighted by atomic mass is 35.5. The van der Waals surface area contributed by atoms with Crippen molar-refractivity contribution in [3.05, 3.63) is 92.9 Å². The molecule has 4 rings (SSSR count). The van der Waals surface area contributed by atoms with E-state index in [1.165, 1.54) is 0 Å². The predicted octanol–water partition coefficient (Wildman–Crippen LogP) is 5.63. The van der Waals surface area contributed by atoms with Crippen molar-refractivity contribution < 1.29 is 4.74 Å². The lowest BCUT2D eigenvalue weighted by Gasteiger charge is -2.12. The van der Waals surface area contributed by atoms with E-state index in [4.69, 9.17) is 40.2 Å². The van der Waals surface area contributed by atoms with Gasteiger partial charge in [-0.2, -0.15) is 5.10 Å². The molecule has 0 aliphatic rings. The summed E-state index contributed by atoms with van der Waals surface area (Å²) in [5.41, 5.74) is 6.03. The minimum atomic E-state index is 0.301.